The Morgan fingerprint density at radius 2 is 1.92 bits per heavy atom. The highest BCUT2D eigenvalue weighted by atomic mass is 32.2. The Morgan fingerprint density at radius 3 is 2.46 bits per heavy atom. The van der Waals surface area contributed by atoms with Gasteiger partial charge in [0, 0.05) is 12.3 Å². The molecule has 1 aliphatic carbocycles. The first kappa shape index (κ1) is 18.8. The Labute approximate surface area is 154 Å². The lowest BCUT2D eigenvalue weighted by Gasteiger charge is -2.38. The molecule has 2 N–H and O–H groups in total. The van der Waals surface area contributed by atoms with Crippen molar-refractivity contribution in [2.45, 2.75) is 37.7 Å². The maximum atomic E-state index is 12.7. The number of pyridine rings is 1. The minimum absolute atomic E-state index is 0.0491. The molecule has 1 heterocycles. The zero-order chi connectivity index (χ0) is 18.7. The summed E-state index contributed by atoms with van der Waals surface area (Å²) in [5.74, 6) is 0.444. The zero-order valence-electron chi connectivity index (χ0n) is 14.9. The van der Waals surface area contributed by atoms with E-state index in [1.54, 1.807) is 12.3 Å². The fourth-order valence-corrected chi connectivity index (χ4v) is 4.60. The Hall–Kier alpha value is -1.96. The summed E-state index contributed by atoms with van der Waals surface area (Å²) >= 11 is 0. The summed E-state index contributed by atoms with van der Waals surface area (Å²) in [6, 6.07) is 10.6. The van der Waals surface area contributed by atoms with Crippen molar-refractivity contribution in [3.63, 3.8) is 0 Å². The van der Waals surface area contributed by atoms with Gasteiger partial charge in [-0.05, 0) is 36.8 Å². The molecule has 2 aromatic rings. The SMILES string of the molecule is COc1ccc([C@@H](NS(=O)(=O)Cc2ccc(C)cc2)C2CC(O)C2)cn1. The monoisotopic (exact) mass is 376 g/mol. The summed E-state index contributed by atoms with van der Waals surface area (Å²) < 4.78 is 33.3. The van der Waals surface area contributed by atoms with E-state index < -0.39 is 16.1 Å². The quantitative estimate of drug-likeness (QED) is 0.774. The predicted molar refractivity (Wildman–Crippen MR) is 99.2 cm³/mol. The molecule has 0 bridgehead atoms. The van der Waals surface area contributed by atoms with Crippen LogP contribution in [0.2, 0.25) is 0 Å². The van der Waals surface area contributed by atoms with E-state index in [2.05, 4.69) is 9.71 Å². The Morgan fingerprint density at radius 1 is 1.23 bits per heavy atom. The Bertz CT molecular complexity index is 829. The van der Waals surface area contributed by atoms with Gasteiger partial charge in [0.2, 0.25) is 15.9 Å². The van der Waals surface area contributed by atoms with Crippen LogP contribution in [0.15, 0.2) is 42.6 Å². The van der Waals surface area contributed by atoms with Crippen LogP contribution in [0.4, 0.5) is 0 Å². The third-order valence-electron chi connectivity index (χ3n) is 4.73. The lowest BCUT2D eigenvalue weighted by Crippen LogP contribution is -2.41. The number of hydrogen-bond donors (Lipinski definition) is 2. The highest BCUT2D eigenvalue weighted by Crippen LogP contribution is 2.38. The molecule has 0 saturated heterocycles. The first-order valence-electron chi connectivity index (χ1n) is 8.60. The smallest absolute Gasteiger partial charge is 0.216 e. The zero-order valence-corrected chi connectivity index (χ0v) is 15.7. The second kappa shape index (κ2) is 7.73. The highest BCUT2D eigenvalue weighted by Gasteiger charge is 2.37. The molecule has 7 heteroatoms. The van der Waals surface area contributed by atoms with Crippen molar-refractivity contribution < 1.29 is 18.3 Å². The minimum Gasteiger partial charge on any atom is -0.481 e. The molecule has 6 nitrogen and oxygen atoms in total. The van der Waals surface area contributed by atoms with E-state index in [0.29, 0.717) is 18.7 Å². The number of nitrogens with zero attached hydrogens (tertiary/aromatic N) is 1. The molecule has 0 radical (unpaired) electrons. The van der Waals surface area contributed by atoms with Crippen LogP contribution < -0.4 is 9.46 Å². The summed E-state index contributed by atoms with van der Waals surface area (Å²) in [4.78, 5) is 4.18. The average Bonchev–Trinajstić information content (AvgIpc) is 2.59. The molecule has 140 valence electrons. The van der Waals surface area contributed by atoms with Gasteiger partial charge in [-0.3, -0.25) is 0 Å². The third kappa shape index (κ3) is 4.60. The second-order valence-electron chi connectivity index (χ2n) is 6.86. The highest BCUT2D eigenvalue weighted by molar-refractivity contribution is 7.88. The Balaban J connectivity index is 1.78. The molecule has 0 spiro atoms. The van der Waals surface area contributed by atoms with E-state index in [-0.39, 0.29) is 17.8 Å². The van der Waals surface area contributed by atoms with Crippen LogP contribution in [0.1, 0.15) is 35.6 Å². The number of benzene rings is 1. The van der Waals surface area contributed by atoms with Gasteiger partial charge < -0.3 is 9.84 Å². The maximum Gasteiger partial charge on any atom is 0.216 e. The van der Waals surface area contributed by atoms with Gasteiger partial charge in [-0.15, -0.1) is 0 Å². The number of sulfonamides is 1. The van der Waals surface area contributed by atoms with Crippen LogP contribution in [0.3, 0.4) is 0 Å². The molecule has 0 amide bonds. The van der Waals surface area contributed by atoms with E-state index in [1.165, 1.54) is 7.11 Å². The van der Waals surface area contributed by atoms with Crippen molar-refractivity contribution in [3.05, 3.63) is 59.3 Å². The van der Waals surface area contributed by atoms with Gasteiger partial charge in [-0.2, -0.15) is 0 Å². The minimum atomic E-state index is -3.54. The van der Waals surface area contributed by atoms with E-state index in [1.807, 2.05) is 37.3 Å². The van der Waals surface area contributed by atoms with Crippen LogP contribution in [0.25, 0.3) is 0 Å². The van der Waals surface area contributed by atoms with Gasteiger partial charge in [0.15, 0.2) is 0 Å². The van der Waals surface area contributed by atoms with Gasteiger partial charge in [0.05, 0.1) is 25.0 Å². The number of ether oxygens (including phenoxy) is 1. The Kier molecular flexibility index (Phi) is 5.60. The fourth-order valence-electron chi connectivity index (χ4n) is 3.17. The first-order valence-corrected chi connectivity index (χ1v) is 10.2. The van der Waals surface area contributed by atoms with Crippen molar-refractivity contribution in [1.82, 2.24) is 9.71 Å². The first-order chi connectivity index (χ1) is 12.4. The number of rotatable bonds is 7. The van der Waals surface area contributed by atoms with Crippen LogP contribution >= 0.6 is 0 Å². The maximum absolute atomic E-state index is 12.7. The standard InChI is InChI=1S/C19H24N2O4S/c1-13-3-5-14(6-4-13)12-26(23,24)21-19(16-9-17(22)10-16)15-7-8-18(25-2)20-11-15/h3-8,11,16-17,19,21-22H,9-10,12H2,1-2H3/t16?,17?,19-/m1/s1. The number of aromatic nitrogens is 1. The number of aliphatic hydroxyl groups is 1. The van der Waals surface area contributed by atoms with Gasteiger partial charge in [-0.1, -0.05) is 35.9 Å². The second-order valence-corrected chi connectivity index (χ2v) is 8.61. The largest absolute Gasteiger partial charge is 0.481 e. The summed E-state index contributed by atoms with van der Waals surface area (Å²) in [6.07, 6.45) is 2.41. The number of methoxy groups -OCH3 is 1. The molecule has 26 heavy (non-hydrogen) atoms. The van der Waals surface area contributed by atoms with Crippen molar-refractivity contribution in [2.24, 2.45) is 5.92 Å². The molecule has 1 aliphatic rings. The average molecular weight is 376 g/mol. The summed E-state index contributed by atoms with van der Waals surface area (Å²) in [6.45, 7) is 1.96. The molecule has 1 aromatic carbocycles. The van der Waals surface area contributed by atoms with E-state index in [9.17, 15) is 13.5 Å². The van der Waals surface area contributed by atoms with Crippen LogP contribution in [-0.2, 0) is 15.8 Å². The molecule has 1 fully saturated rings. The van der Waals surface area contributed by atoms with Gasteiger partial charge in [-0.25, -0.2) is 18.1 Å². The van der Waals surface area contributed by atoms with Gasteiger partial charge >= 0.3 is 0 Å². The molecule has 1 aromatic heterocycles. The van der Waals surface area contributed by atoms with E-state index in [4.69, 9.17) is 4.74 Å². The van der Waals surface area contributed by atoms with Crippen molar-refractivity contribution >= 4 is 10.0 Å². The normalized spacial score (nSPS) is 21.0. The number of nitrogens with one attached hydrogen (secondary N) is 1. The van der Waals surface area contributed by atoms with Crippen molar-refractivity contribution in [3.8, 4) is 5.88 Å². The van der Waals surface area contributed by atoms with Gasteiger partial charge in [0.25, 0.3) is 0 Å². The van der Waals surface area contributed by atoms with Crippen molar-refractivity contribution in [2.75, 3.05) is 7.11 Å². The predicted octanol–water partition coefficient (Wildman–Crippen LogP) is 2.33. The molecular weight excluding hydrogens is 352 g/mol. The fraction of sp³-hybridized carbons (Fsp3) is 0.421. The number of hydrogen-bond acceptors (Lipinski definition) is 5. The van der Waals surface area contributed by atoms with Gasteiger partial charge in [0.1, 0.15) is 0 Å². The third-order valence-corrected chi connectivity index (χ3v) is 6.06. The molecular formula is C19H24N2O4S. The van der Waals surface area contributed by atoms with Crippen LogP contribution in [0.5, 0.6) is 5.88 Å². The molecule has 1 atom stereocenters. The van der Waals surface area contributed by atoms with E-state index >= 15 is 0 Å². The molecule has 3 rings (SSSR count). The summed E-state index contributed by atoms with van der Waals surface area (Å²) in [5, 5.41) is 9.64. The molecule has 0 aliphatic heterocycles. The van der Waals surface area contributed by atoms with Crippen molar-refractivity contribution in [1.29, 1.82) is 0 Å². The van der Waals surface area contributed by atoms with E-state index in [0.717, 1.165) is 16.7 Å². The number of aryl methyl sites for hydroxylation is 1. The lowest BCUT2D eigenvalue weighted by atomic mass is 9.76. The topological polar surface area (TPSA) is 88.5 Å². The molecule has 0 unspecified atom stereocenters. The van der Waals surface area contributed by atoms with Crippen LogP contribution in [0, 0.1) is 12.8 Å². The summed E-state index contributed by atoms with van der Waals surface area (Å²) in [7, 11) is -2.01. The number of aliphatic hydroxyl groups excluding tert-OH is 1. The summed E-state index contributed by atoms with van der Waals surface area (Å²) in [5.41, 5.74) is 2.60. The lowest BCUT2D eigenvalue weighted by molar-refractivity contribution is 0.0279. The van der Waals surface area contributed by atoms with Crippen LogP contribution in [-0.4, -0.2) is 31.7 Å². The molecule has 1 saturated carbocycles.